The Labute approximate surface area is 143 Å². The minimum absolute atomic E-state index is 0.0778. The fourth-order valence-electron chi connectivity index (χ4n) is 7.42. The molecule has 0 aromatic rings. The molecule has 2 heteroatoms. The van der Waals surface area contributed by atoms with Crippen molar-refractivity contribution in [1.29, 1.82) is 0 Å². The summed E-state index contributed by atoms with van der Waals surface area (Å²) in [5.41, 5.74) is 12.1. The zero-order chi connectivity index (χ0) is 15.8. The van der Waals surface area contributed by atoms with Crippen LogP contribution in [0.15, 0.2) is 0 Å². The standard InChI is InChI=1S/C21H38N2/c22-21(23)16-8-5-7-14(12-16)20-13-15-6-1-2-9-17(15)18-10-3-4-11-19(18)20/h14-21H,1-13,22-23H2. The van der Waals surface area contributed by atoms with Crippen LogP contribution in [0.3, 0.4) is 0 Å². The van der Waals surface area contributed by atoms with Gasteiger partial charge in [-0.3, -0.25) is 0 Å². The molecule has 4 saturated carbocycles. The third kappa shape index (κ3) is 3.23. The topological polar surface area (TPSA) is 52.0 Å². The Morgan fingerprint density at radius 3 is 1.83 bits per heavy atom. The molecule has 0 bridgehead atoms. The Bertz CT molecular complexity index is 393. The molecule has 0 aliphatic heterocycles. The number of rotatable bonds is 2. The third-order valence-corrected chi connectivity index (χ3v) is 8.42. The summed E-state index contributed by atoms with van der Waals surface area (Å²) in [6, 6.07) is 0. The van der Waals surface area contributed by atoms with Crippen LogP contribution in [0, 0.1) is 41.4 Å². The molecule has 4 aliphatic rings. The van der Waals surface area contributed by atoms with E-state index in [0.717, 1.165) is 35.5 Å². The van der Waals surface area contributed by atoms with Crippen LogP contribution in [0.25, 0.3) is 0 Å². The van der Waals surface area contributed by atoms with Gasteiger partial charge in [0.2, 0.25) is 0 Å². The highest BCUT2D eigenvalue weighted by atomic mass is 14.9. The summed E-state index contributed by atoms with van der Waals surface area (Å²) in [6.45, 7) is 0. The van der Waals surface area contributed by atoms with E-state index in [9.17, 15) is 0 Å². The molecule has 7 atom stereocenters. The van der Waals surface area contributed by atoms with E-state index in [0.29, 0.717) is 5.92 Å². The average Bonchev–Trinajstić information content (AvgIpc) is 2.61. The zero-order valence-corrected chi connectivity index (χ0v) is 15.0. The molecule has 0 aromatic carbocycles. The Hall–Kier alpha value is -0.0800. The van der Waals surface area contributed by atoms with Crippen molar-refractivity contribution in [2.75, 3.05) is 0 Å². The minimum Gasteiger partial charge on any atom is -0.316 e. The molecule has 132 valence electrons. The van der Waals surface area contributed by atoms with Crippen molar-refractivity contribution in [2.45, 2.75) is 89.6 Å². The lowest BCUT2D eigenvalue weighted by Crippen LogP contribution is -2.47. The van der Waals surface area contributed by atoms with Gasteiger partial charge in [0.15, 0.2) is 0 Å². The number of hydrogen-bond donors (Lipinski definition) is 2. The molecule has 23 heavy (non-hydrogen) atoms. The molecule has 7 unspecified atom stereocenters. The van der Waals surface area contributed by atoms with Gasteiger partial charge in [-0.15, -0.1) is 0 Å². The van der Waals surface area contributed by atoms with E-state index < -0.39 is 0 Å². The monoisotopic (exact) mass is 318 g/mol. The van der Waals surface area contributed by atoms with E-state index in [1.807, 2.05) is 0 Å². The summed E-state index contributed by atoms with van der Waals surface area (Å²) in [5, 5.41) is 0. The van der Waals surface area contributed by atoms with Crippen LogP contribution >= 0.6 is 0 Å². The predicted octanol–water partition coefficient (Wildman–Crippen LogP) is 4.67. The fourth-order valence-corrected chi connectivity index (χ4v) is 7.42. The van der Waals surface area contributed by atoms with Crippen molar-refractivity contribution >= 4 is 0 Å². The zero-order valence-electron chi connectivity index (χ0n) is 15.0. The molecule has 0 saturated heterocycles. The first-order valence-corrected chi connectivity index (χ1v) is 10.7. The second-order valence-electron chi connectivity index (χ2n) is 9.48. The summed E-state index contributed by atoms with van der Waals surface area (Å²) in [4.78, 5) is 0. The summed E-state index contributed by atoms with van der Waals surface area (Å²) in [7, 11) is 0. The SMILES string of the molecule is NC(N)C1CCCC(C2CC3CCCCC3C3CCCCC23)C1. The van der Waals surface area contributed by atoms with Crippen molar-refractivity contribution in [3.05, 3.63) is 0 Å². The van der Waals surface area contributed by atoms with Crippen molar-refractivity contribution in [2.24, 2.45) is 52.9 Å². The lowest BCUT2D eigenvalue weighted by atomic mass is 9.51. The van der Waals surface area contributed by atoms with Gasteiger partial charge in [-0.2, -0.15) is 0 Å². The van der Waals surface area contributed by atoms with Crippen molar-refractivity contribution in [3.63, 3.8) is 0 Å². The van der Waals surface area contributed by atoms with Crippen LogP contribution in [0.2, 0.25) is 0 Å². The normalized spacial score (nSPS) is 47.9. The maximum atomic E-state index is 6.07. The summed E-state index contributed by atoms with van der Waals surface area (Å²) < 4.78 is 0. The number of fused-ring (bicyclic) bond motifs is 3. The lowest BCUT2D eigenvalue weighted by molar-refractivity contribution is -0.0464. The Morgan fingerprint density at radius 1 is 0.522 bits per heavy atom. The van der Waals surface area contributed by atoms with Gasteiger partial charge >= 0.3 is 0 Å². The molecule has 0 radical (unpaired) electrons. The van der Waals surface area contributed by atoms with Crippen molar-refractivity contribution in [3.8, 4) is 0 Å². The maximum Gasteiger partial charge on any atom is 0.0550 e. The van der Waals surface area contributed by atoms with E-state index in [1.54, 1.807) is 19.3 Å². The van der Waals surface area contributed by atoms with Crippen LogP contribution in [-0.2, 0) is 0 Å². The second kappa shape index (κ2) is 7.04. The summed E-state index contributed by atoms with van der Waals surface area (Å²) >= 11 is 0. The van der Waals surface area contributed by atoms with E-state index >= 15 is 0 Å². The predicted molar refractivity (Wildman–Crippen MR) is 96.6 cm³/mol. The molecule has 4 fully saturated rings. The summed E-state index contributed by atoms with van der Waals surface area (Å²) in [5.74, 6) is 6.86. The van der Waals surface area contributed by atoms with Crippen LogP contribution in [0.4, 0.5) is 0 Å². The molecular formula is C21H38N2. The molecule has 2 nitrogen and oxygen atoms in total. The molecule has 0 spiro atoms. The van der Waals surface area contributed by atoms with Gasteiger partial charge in [-0.05, 0) is 80.0 Å². The quantitative estimate of drug-likeness (QED) is 0.727. The van der Waals surface area contributed by atoms with Crippen LogP contribution in [0.1, 0.15) is 83.5 Å². The van der Waals surface area contributed by atoms with E-state index in [2.05, 4.69) is 0 Å². The third-order valence-electron chi connectivity index (χ3n) is 8.42. The van der Waals surface area contributed by atoms with Gasteiger partial charge in [-0.25, -0.2) is 0 Å². The first kappa shape index (κ1) is 16.4. The Balaban J connectivity index is 1.52. The highest BCUT2D eigenvalue weighted by Gasteiger charge is 2.48. The highest BCUT2D eigenvalue weighted by Crippen LogP contribution is 2.57. The molecule has 4 aliphatic carbocycles. The number of nitrogens with two attached hydrogens (primary N) is 2. The second-order valence-corrected chi connectivity index (χ2v) is 9.48. The lowest BCUT2D eigenvalue weighted by Gasteiger charge is -2.54. The first-order valence-electron chi connectivity index (χ1n) is 10.7. The van der Waals surface area contributed by atoms with Crippen LogP contribution in [0.5, 0.6) is 0 Å². The van der Waals surface area contributed by atoms with Crippen LogP contribution in [-0.4, -0.2) is 6.17 Å². The van der Waals surface area contributed by atoms with Crippen molar-refractivity contribution in [1.82, 2.24) is 0 Å². The maximum absolute atomic E-state index is 6.07. The summed E-state index contributed by atoms with van der Waals surface area (Å²) in [6.07, 6.45) is 19.2. The largest absolute Gasteiger partial charge is 0.316 e. The molecular weight excluding hydrogens is 280 g/mol. The van der Waals surface area contributed by atoms with Crippen LogP contribution < -0.4 is 11.5 Å². The smallest absolute Gasteiger partial charge is 0.0550 e. The molecule has 0 amide bonds. The molecule has 4 N–H and O–H groups in total. The van der Waals surface area contributed by atoms with Crippen molar-refractivity contribution < 1.29 is 0 Å². The molecule has 4 rings (SSSR count). The van der Waals surface area contributed by atoms with Gasteiger partial charge in [0, 0.05) is 0 Å². The van der Waals surface area contributed by atoms with Gasteiger partial charge in [0.05, 0.1) is 6.17 Å². The molecule has 0 aromatic heterocycles. The van der Waals surface area contributed by atoms with Gasteiger partial charge in [0.1, 0.15) is 0 Å². The highest BCUT2D eigenvalue weighted by molar-refractivity contribution is 4.98. The van der Waals surface area contributed by atoms with E-state index in [1.165, 1.54) is 64.2 Å². The Kier molecular flexibility index (Phi) is 5.02. The average molecular weight is 319 g/mol. The van der Waals surface area contributed by atoms with E-state index in [-0.39, 0.29) is 6.17 Å². The first-order chi connectivity index (χ1) is 11.2. The van der Waals surface area contributed by atoms with Gasteiger partial charge < -0.3 is 11.5 Å². The van der Waals surface area contributed by atoms with Gasteiger partial charge in [0.25, 0.3) is 0 Å². The minimum atomic E-state index is -0.0778. The van der Waals surface area contributed by atoms with E-state index in [4.69, 9.17) is 11.5 Å². The number of hydrogen-bond acceptors (Lipinski definition) is 2. The Morgan fingerprint density at radius 2 is 1.09 bits per heavy atom. The molecule has 0 heterocycles. The fraction of sp³-hybridized carbons (Fsp3) is 1.00. The van der Waals surface area contributed by atoms with Gasteiger partial charge in [-0.1, -0.05) is 44.9 Å².